The Bertz CT molecular complexity index is 698. The van der Waals surface area contributed by atoms with E-state index in [0.717, 1.165) is 30.3 Å². The summed E-state index contributed by atoms with van der Waals surface area (Å²) in [6.07, 6.45) is -8.07. The van der Waals surface area contributed by atoms with Gasteiger partial charge >= 0.3 is 12.5 Å². The maximum absolute atomic E-state index is 13.1. The first-order valence-corrected chi connectivity index (χ1v) is 6.30. The Balaban J connectivity index is 2.46. The fourth-order valence-electron chi connectivity index (χ4n) is 2.01. The molecule has 0 aliphatic carbocycles. The summed E-state index contributed by atoms with van der Waals surface area (Å²) < 4.78 is 79.2. The molecule has 122 valence electrons. The lowest BCUT2D eigenvalue weighted by Crippen LogP contribution is -2.17. The Labute approximate surface area is 127 Å². The van der Waals surface area contributed by atoms with Gasteiger partial charge in [0, 0.05) is 0 Å². The van der Waals surface area contributed by atoms with E-state index in [4.69, 9.17) is 0 Å². The van der Waals surface area contributed by atoms with Gasteiger partial charge < -0.3 is 4.74 Å². The highest BCUT2D eigenvalue weighted by Crippen LogP contribution is 2.38. The van der Waals surface area contributed by atoms with Crippen LogP contribution in [0.15, 0.2) is 49.0 Å². The Morgan fingerprint density at radius 2 is 1.48 bits per heavy atom. The average Bonchev–Trinajstić information content (AvgIpc) is 2.45. The third kappa shape index (κ3) is 4.28. The molecule has 0 saturated carbocycles. The standard InChI is InChI=1S/C16H10F6O/c1-2-10-3-8-14(15(17,18)19)13(9-10)11-4-6-12(7-5-11)23-16(20,21)22/h2-9H,1H2. The molecule has 7 heteroatoms. The van der Waals surface area contributed by atoms with Crippen molar-refractivity contribution in [2.75, 3.05) is 0 Å². The van der Waals surface area contributed by atoms with Crippen molar-refractivity contribution in [1.29, 1.82) is 0 Å². The highest BCUT2D eigenvalue weighted by Gasteiger charge is 2.34. The van der Waals surface area contributed by atoms with Crippen LogP contribution in [0.5, 0.6) is 5.75 Å². The number of hydrogen-bond acceptors (Lipinski definition) is 1. The Morgan fingerprint density at radius 3 is 1.96 bits per heavy atom. The van der Waals surface area contributed by atoms with Crippen LogP contribution in [0.4, 0.5) is 26.3 Å². The van der Waals surface area contributed by atoms with Crippen LogP contribution in [0.25, 0.3) is 17.2 Å². The van der Waals surface area contributed by atoms with Crippen molar-refractivity contribution in [2.24, 2.45) is 0 Å². The molecule has 0 aromatic heterocycles. The Kier molecular flexibility index (Phi) is 4.40. The normalized spacial score (nSPS) is 12.1. The molecule has 0 spiro atoms. The quantitative estimate of drug-likeness (QED) is 0.635. The number of hydrogen-bond donors (Lipinski definition) is 0. The van der Waals surface area contributed by atoms with E-state index in [-0.39, 0.29) is 11.1 Å². The number of halogens is 6. The third-order valence-electron chi connectivity index (χ3n) is 2.98. The molecular formula is C16H10F6O. The van der Waals surface area contributed by atoms with E-state index in [0.29, 0.717) is 5.56 Å². The van der Waals surface area contributed by atoms with Crippen LogP contribution >= 0.6 is 0 Å². The lowest BCUT2D eigenvalue weighted by Gasteiger charge is -2.15. The van der Waals surface area contributed by atoms with E-state index in [9.17, 15) is 26.3 Å². The topological polar surface area (TPSA) is 9.23 Å². The molecule has 2 aromatic rings. The van der Waals surface area contributed by atoms with Crippen LogP contribution in [0.3, 0.4) is 0 Å². The molecule has 2 aromatic carbocycles. The fraction of sp³-hybridized carbons (Fsp3) is 0.125. The molecule has 0 amide bonds. The molecule has 0 bridgehead atoms. The summed E-state index contributed by atoms with van der Waals surface area (Å²) in [4.78, 5) is 0. The van der Waals surface area contributed by atoms with Gasteiger partial charge in [-0.05, 0) is 41.0 Å². The van der Waals surface area contributed by atoms with Crippen LogP contribution in [-0.2, 0) is 6.18 Å². The molecule has 0 unspecified atom stereocenters. The summed E-state index contributed by atoms with van der Waals surface area (Å²) in [7, 11) is 0. The highest BCUT2D eigenvalue weighted by molar-refractivity contribution is 5.71. The van der Waals surface area contributed by atoms with Crippen molar-refractivity contribution >= 4 is 6.08 Å². The summed E-state index contributed by atoms with van der Waals surface area (Å²) in [5, 5.41) is 0. The second-order valence-corrected chi connectivity index (χ2v) is 4.58. The maximum Gasteiger partial charge on any atom is 0.573 e. The summed E-state index contributed by atoms with van der Waals surface area (Å²) in [5.74, 6) is -0.505. The van der Waals surface area contributed by atoms with Crippen molar-refractivity contribution in [3.63, 3.8) is 0 Å². The third-order valence-corrected chi connectivity index (χ3v) is 2.98. The molecule has 0 saturated heterocycles. The van der Waals surface area contributed by atoms with Gasteiger partial charge in [-0.2, -0.15) is 13.2 Å². The SMILES string of the molecule is C=Cc1ccc(C(F)(F)F)c(-c2ccc(OC(F)(F)F)cc2)c1. The van der Waals surface area contributed by atoms with Gasteiger partial charge in [-0.25, -0.2) is 0 Å². The molecule has 0 heterocycles. The highest BCUT2D eigenvalue weighted by atomic mass is 19.4. The summed E-state index contributed by atoms with van der Waals surface area (Å²) >= 11 is 0. The predicted molar refractivity (Wildman–Crippen MR) is 73.7 cm³/mol. The summed E-state index contributed by atoms with van der Waals surface area (Å²) in [6, 6.07) is 7.65. The molecular weight excluding hydrogens is 322 g/mol. The van der Waals surface area contributed by atoms with Crippen molar-refractivity contribution in [3.05, 3.63) is 60.2 Å². The van der Waals surface area contributed by atoms with E-state index < -0.39 is 23.9 Å². The van der Waals surface area contributed by atoms with Gasteiger partial charge in [0.15, 0.2) is 0 Å². The molecule has 0 aliphatic heterocycles. The van der Waals surface area contributed by atoms with Crippen molar-refractivity contribution in [2.45, 2.75) is 12.5 Å². The van der Waals surface area contributed by atoms with Crippen LogP contribution < -0.4 is 4.74 Å². The van der Waals surface area contributed by atoms with Crippen LogP contribution in [0.1, 0.15) is 11.1 Å². The number of ether oxygens (including phenoxy) is 1. The van der Waals surface area contributed by atoms with Crippen molar-refractivity contribution in [3.8, 4) is 16.9 Å². The molecule has 0 radical (unpaired) electrons. The summed E-state index contributed by atoms with van der Waals surface area (Å²) in [5.41, 5.74) is -0.444. The van der Waals surface area contributed by atoms with E-state index >= 15 is 0 Å². The fourth-order valence-corrected chi connectivity index (χ4v) is 2.01. The van der Waals surface area contributed by atoms with Gasteiger partial charge in [0.25, 0.3) is 0 Å². The van der Waals surface area contributed by atoms with Gasteiger partial charge in [0.2, 0.25) is 0 Å². The van der Waals surface area contributed by atoms with E-state index in [1.807, 2.05) is 0 Å². The van der Waals surface area contributed by atoms with Crippen molar-refractivity contribution in [1.82, 2.24) is 0 Å². The lowest BCUT2D eigenvalue weighted by atomic mass is 9.97. The minimum Gasteiger partial charge on any atom is -0.406 e. The minimum absolute atomic E-state index is 0.121. The van der Waals surface area contributed by atoms with Crippen molar-refractivity contribution < 1.29 is 31.1 Å². The van der Waals surface area contributed by atoms with Crippen LogP contribution in [-0.4, -0.2) is 6.36 Å². The Hall–Kier alpha value is -2.44. The second-order valence-electron chi connectivity index (χ2n) is 4.58. The van der Waals surface area contributed by atoms with E-state index in [1.54, 1.807) is 0 Å². The van der Waals surface area contributed by atoms with Gasteiger partial charge in [-0.3, -0.25) is 0 Å². The zero-order valence-electron chi connectivity index (χ0n) is 11.5. The lowest BCUT2D eigenvalue weighted by molar-refractivity contribution is -0.274. The zero-order valence-corrected chi connectivity index (χ0v) is 11.5. The number of rotatable bonds is 3. The van der Waals surface area contributed by atoms with E-state index in [2.05, 4.69) is 11.3 Å². The van der Waals surface area contributed by atoms with Gasteiger partial charge in [-0.15, -0.1) is 13.2 Å². The van der Waals surface area contributed by atoms with Crippen LogP contribution in [0.2, 0.25) is 0 Å². The smallest absolute Gasteiger partial charge is 0.406 e. The zero-order chi connectivity index (χ0) is 17.3. The molecule has 0 N–H and O–H groups in total. The number of alkyl halides is 6. The molecule has 0 fully saturated rings. The molecule has 23 heavy (non-hydrogen) atoms. The monoisotopic (exact) mass is 332 g/mol. The van der Waals surface area contributed by atoms with Gasteiger partial charge in [0.05, 0.1) is 5.56 Å². The first-order valence-electron chi connectivity index (χ1n) is 6.30. The first-order chi connectivity index (χ1) is 10.6. The molecule has 1 nitrogen and oxygen atoms in total. The molecule has 0 atom stereocenters. The maximum atomic E-state index is 13.1. The largest absolute Gasteiger partial charge is 0.573 e. The summed E-state index contributed by atoms with van der Waals surface area (Å²) in [6.45, 7) is 3.49. The molecule has 2 rings (SSSR count). The predicted octanol–water partition coefficient (Wildman–Crippen LogP) is 5.91. The van der Waals surface area contributed by atoms with E-state index in [1.165, 1.54) is 18.2 Å². The van der Waals surface area contributed by atoms with Gasteiger partial charge in [0.1, 0.15) is 5.75 Å². The average molecular weight is 332 g/mol. The second kappa shape index (κ2) is 5.98. The van der Waals surface area contributed by atoms with Crippen LogP contribution in [0, 0.1) is 0 Å². The molecule has 0 aliphatic rings. The Morgan fingerprint density at radius 1 is 0.870 bits per heavy atom. The minimum atomic E-state index is -4.86. The van der Waals surface area contributed by atoms with Gasteiger partial charge in [-0.1, -0.05) is 30.9 Å². The number of benzene rings is 2. The first kappa shape index (κ1) is 16.9.